The first-order valence-corrected chi connectivity index (χ1v) is 7.73. The van der Waals surface area contributed by atoms with Gasteiger partial charge in [-0.2, -0.15) is 0 Å². The van der Waals surface area contributed by atoms with Gasteiger partial charge < -0.3 is 0 Å². The molecule has 0 atom stereocenters. The van der Waals surface area contributed by atoms with Gasteiger partial charge in [0.05, 0.1) is 11.4 Å². The summed E-state index contributed by atoms with van der Waals surface area (Å²) < 4.78 is 0. The van der Waals surface area contributed by atoms with Crippen molar-refractivity contribution in [1.82, 2.24) is 9.97 Å². The van der Waals surface area contributed by atoms with Crippen LogP contribution in [0, 0.1) is 0 Å². The van der Waals surface area contributed by atoms with Crippen LogP contribution >= 0.6 is 0 Å². The summed E-state index contributed by atoms with van der Waals surface area (Å²) in [7, 11) is 0. The maximum absolute atomic E-state index is 4.73. The fourth-order valence-corrected chi connectivity index (χ4v) is 2.12. The predicted octanol–water partition coefficient (Wildman–Crippen LogP) is 5.71. The van der Waals surface area contributed by atoms with E-state index in [1.54, 1.807) is 0 Å². The Morgan fingerprint density at radius 2 is 1.74 bits per heavy atom. The van der Waals surface area contributed by atoms with Gasteiger partial charge in [-0.25, -0.2) is 9.97 Å². The minimum Gasteiger partial charge on any atom is -0.228 e. The average Bonchev–Trinajstić information content (AvgIpc) is 2.62. The molecular weight excluding hydrogens is 280 g/mol. The molecule has 0 N–H and O–H groups in total. The first-order chi connectivity index (χ1) is 11.2. The molecule has 116 valence electrons. The van der Waals surface area contributed by atoms with Gasteiger partial charge in [0.2, 0.25) is 0 Å². The van der Waals surface area contributed by atoms with Crippen molar-refractivity contribution in [1.29, 1.82) is 0 Å². The second-order valence-electron chi connectivity index (χ2n) is 5.15. The van der Waals surface area contributed by atoms with Crippen LogP contribution in [0.5, 0.6) is 0 Å². The number of aromatic nitrogens is 2. The number of allylic oxidation sites excluding steroid dienone is 7. The Labute approximate surface area is 138 Å². The highest BCUT2D eigenvalue weighted by atomic mass is 14.9. The molecule has 1 heterocycles. The highest BCUT2D eigenvalue weighted by molar-refractivity contribution is 5.76. The summed E-state index contributed by atoms with van der Waals surface area (Å²) in [5.41, 5.74) is 4.93. The van der Waals surface area contributed by atoms with Crippen molar-refractivity contribution in [3.63, 3.8) is 0 Å². The molecule has 0 bridgehead atoms. The lowest BCUT2D eigenvalue weighted by Crippen LogP contribution is -1.99. The van der Waals surface area contributed by atoms with Crippen LogP contribution in [-0.4, -0.2) is 9.97 Å². The molecule has 2 nitrogen and oxygen atoms in total. The van der Waals surface area contributed by atoms with E-state index in [9.17, 15) is 0 Å². The number of benzene rings is 1. The number of hydrogen-bond donors (Lipinski definition) is 0. The molecule has 0 saturated carbocycles. The molecule has 0 amide bonds. The van der Waals surface area contributed by atoms with E-state index < -0.39 is 0 Å². The first-order valence-electron chi connectivity index (χ1n) is 7.73. The molecule has 2 aromatic rings. The standard InChI is InChI=1S/C21H22N2/c1-5-8-12-17(7-3)20-15-19(16(4)6-2)22-21(23-20)18-13-10-9-11-14-18/h5-15H,3H2,1-2,4H3/b8-5-,16-6+,17-12+. The molecule has 0 aliphatic rings. The van der Waals surface area contributed by atoms with Crippen molar-refractivity contribution in [3.8, 4) is 11.4 Å². The molecule has 1 aromatic heterocycles. The van der Waals surface area contributed by atoms with Crippen LogP contribution < -0.4 is 0 Å². The van der Waals surface area contributed by atoms with Gasteiger partial charge in [0, 0.05) is 5.56 Å². The van der Waals surface area contributed by atoms with Crippen molar-refractivity contribution in [2.24, 2.45) is 0 Å². The molecule has 1 aromatic carbocycles. The fourth-order valence-electron chi connectivity index (χ4n) is 2.12. The van der Waals surface area contributed by atoms with Gasteiger partial charge in [-0.15, -0.1) is 0 Å². The van der Waals surface area contributed by atoms with E-state index in [0.29, 0.717) is 0 Å². The summed E-state index contributed by atoms with van der Waals surface area (Å²) in [5.74, 6) is 0.729. The summed E-state index contributed by atoms with van der Waals surface area (Å²) in [6.45, 7) is 9.98. The topological polar surface area (TPSA) is 25.8 Å². The third-order valence-electron chi connectivity index (χ3n) is 3.58. The molecule has 0 spiro atoms. The van der Waals surface area contributed by atoms with Gasteiger partial charge >= 0.3 is 0 Å². The van der Waals surface area contributed by atoms with Gasteiger partial charge in [0.15, 0.2) is 5.82 Å². The van der Waals surface area contributed by atoms with Gasteiger partial charge in [-0.05, 0) is 38.0 Å². The van der Waals surface area contributed by atoms with Crippen LogP contribution in [0.1, 0.15) is 32.2 Å². The predicted molar refractivity (Wildman–Crippen MR) is 99.8 cm³/mol. The normalized spacial score (nSPS) is 12.7. The van der Waals surface area contributed by atoms with E-state index in [2.05, 4.69) is 19.6 Å². The zero-order valence-corrected chi connectivity index (χ0v) is 14.0. The van der Waals surface area contributed by atoms with Crippen LogP contribution in [0.15, 0.2) is 73.4 Å². The average molecular weight is 302 g/mol. The zero-order valence-electron chi connectivity index (χ0n) is 14.0. The minimum absolute atomic E-state index is 0.729. The number of rotatable bonds is 5. The summed E-state index contributed by atoms with van der Waals surface area (Å²) in [6, 6.07) is 12.1. The van der Waals surface area contributed by atoms with Crippen molar-refractivity contribution >= 4 is 11.1 Å². The maximum atomic E-state index is 4.73. The second-order valence-corrected chi connectivity index (χ2v) is 5.15. The smallest absolute Gasteiger partial charge is 0.160 e. The molecule has 0 saturated heterocycles. The summed E-state index contributed by atoms with van der Waals surface area (Å²) in [6.07, 6.45) is 9.87. The fraction of sp³-hybridized carbons (Fsp3) is 0.143. The highest BCUT2D eigenvalue weighted by Crippen LogP contribution is 2.23. The zero-order chi connectivity index (χ0) is 16.7. The van der Waals surface area contributed by atoms with E-state index in [0.717, 1.165) is 33.9 Å². The molecule has 0 aliphatic heterocycles. The molecule has 2 heteroatoms. The Morgan fingerprint density at radius 3 is 2.35 bits per heavy atom. The lowest BCUT2D eigenvalue weighted by molar-refractivity contribution is 1.13. The van der Waals surface area contributed by atoms with Gasteiger partial charge in [-0.3, -0.25) is 0 Å². The highest BCUT2D eigenvalue weighted by Gasteiger charge is 2.09. The van der Waals surface area contributed by atoms with E-state index in [-0.39, 0.29) is 0 Å². The third kappa shape index (κ3) is 4.13. The molecule has 2 rings (SSSR count). The Balaban J connectivity index is 2.65. The summed E-state index contributed by atoms with van der Waals surface area (Å²) in [5, 5.41) is 0. The van der Waals surface area contributed by atoms with Crippen molar-refractivity contribution in [2.45, 2.75) is 20.8 Å². The quantitative estimate of drug-likeness (QED) is 0.661. The van der Waals surface area contributed by atoms with Crippen LogP contribution in [0.3, 0.4) is 0 Å². The Bertz CT molecular complexity index is 766. The summed E-state index contributed by atoms with van der Waals surface area (Å²) >= 11 is 0. The number of hydrogen-bond acceptors (Lipinski definition) is 2. The van der Waals surface area contributed by atoms with Gasteiger partial charge in [0.1, 0.15) is 0 Å². The minimum atomic E-state index is 0.729. The van der Waals surface area contributed by atoms with E-state index in [1.165, 1.54) is 0 Å². The van der Waals surface area contributed by atoms with E-state index >= 15 is 0 Å². The molecule has 23 heavy (non-hydrogen) atoms. The maximum Gasteiger partial charge on any atom is 0.160 e. The monoisotopic (exact) mass is 302 g/mol. The van der Waals surface area contributed by atoms with Crippen molar-refractivity contribution < 1.29 is 0 Å². The Kier molecular flexibility index (Phi) is 5.81. The van der Waals surface area contributed by atoms with Gasteiger partial charge in [-0.1, -0.05) is 67.3 Å². The lowest BCUT2D eigenvalue weighted by atomic mass is 10.1. The van der Waals surface area contributed by atoms with Crippen molar-refractivity contribution in [2.75, 3.05) is 0 Å². The van der Waals surface area contributed by atoms with E-state index in [1.807, 2.05) is 74.5 Å². The van der Waals surface area contributed by atoms with Crippen LogP contribution in [0.25, 0.3) is 22.5 Å². The van der Waals surface area contributed by atoms with Crippen LogP contribution in [0.4, 0.5) is 0 Å². The van der Waals surface area contributed by atoms with E-state index in [4.69, 9.17) is 9.97 Å². The number of nitrogens with zero attached hydrogens (tertiary/aromatic N) is 2. The van der Waals surface area contributed by atoms with Crippen molar-refractivity contribution in [3.05, 3.63) is 84.7 Å². The Morgan fingerprint density at radius 1 is 1.04 bits per heavy atom. The van der Waals surface area contributed by atoms with Gasteiger partial charge in [0.25, 0.3) is 0 Å². The Hall–Kier alpha value is -2.74. The van der Waals surface area contributed by atoms with Crippen LogP contribution in [0.2, 0.25) is 0 Å². The summed E-state index contributed by atoms with van der Waals surface area (Å²) in [4.78, 5) is 9.45. The molecule has 0 aliphatic carbocycles. The SMILES string of the molecule is C=C/C(=C\C=C/C)c1cc(/C(C)=C/C)nc(-c2ccccc2)n1. The molecular formula is C21H22N2. The largest absolute Gasteiger partial charge is 0.228 e. The molecule has 0 fully saturated rings. The molecule has 0 radical (unpaired) electrons. The third-order valence-corrected chi connectivity index (χ3v) is 3.58. The first kappa shape index (κ1) is 16.6. The van der Waals surface area contributed by atoms with Crippen LogP contribution in [-0.2, 0) is 0 Å². The lowest BCUT2D eigenvalue weighted by Gasteiger charge is -2.09. The second kappa shape index (κ2) is 8.04. The molecule has 0 unspecified atom stereocenters.